The van der Waals surface area contributed by atoms with E-state index in [2.05, 4.69) is 5.32 Å². The summed E-state index contributed by atoms with van der Waals surface area (Å²) in [5, 5.41) is 2.99. The largest absolute Gasteiger partial charge is 0.359 e. The van der Waals surface area contributed by atoms with E-state index in [4.69, 9.17) is 0 Å². The molecular formula is C15H12N2O. The van der Waals surface area contributed by atoms with Crippen molar-refractivity contribution in [3.8, 4) is 0 Å². The number of fused-ring (bicyclic) bond motifs is 1. The van der Waals surface area contributed by atoms with E-state index in [1.54, 1.807) is 12.3 Å². The van der Waals surface area contributed by atoms with E-state index in [0.717, 1.165) is 5.52 Å². The van der Waals surface area contributed by atoms with Crippen molar-refractivity contribution in [1.29, 1.82) is 0 Å². The van der Waals surface area contributed by atoms with Gasteiger partial charge in [-0.1, -0.05) is 18.2 Å². The molecular weight excluding hydrogens is 224 g/mol. The normalized spacial score (nSPS) is 14.1. The van der Waals surface area contributed by atoms with Gasteiger partial charge in [-0.25, -0.2) is 0 Å². The number of allylic oxidation sites excluding steroid dienone is 5. The molecule has 0 aliphatic carbocycles. The fourth-order valence-corrected chi connectivity index (χ4v) is 1.99. The van der Waals surface area contributed by atoms with Crippen LogP contribution in [0.3, 0.4) is 0 Å². The van der Waals surface area contributed by atoms with Crippen LogP contribution < -0.4 is 5.32 Å². The number of Topliss-reactive ketones (excluding diaryl/α,β-unsaturated/α-hetero) is 1. The number of aromatic nitrogens is 1. The average molecular weight is 236 g/mol. The summed E-state index contributed by atoms with van der Waals surface area (Å²) in [6.07, 6.45) is 13.0. The highest BCUT2D eigenvalue weighted by Gasteiger charge is 2.15. The molecule has 0 unspecified atom stereocenters. The molecule has 3 heteroatoms. The third-order valence-corrected chi connectivity index (χ3v) is 2.88. The number of carbonyl (C=O) groups is 1. The fraction of sp³-hybridized carbons (Fsp3) is 0. The van der Waals surface area contributed by atoms with Crippen molar-refractivity contribution < 1.29 is 4.79 Å². The van der Waals surface area contributed by atoms with Gasteiger partial charge in [0.05, 0.1) is 11.2 Å². The monoisotopic (exact) mass is 236 g/mol. The molecule has 3 rings (SSSR count). The van der Waals surface area contributed by atoms with Crippen LogP contribution in [0, 0.1) is 0 Å². The lowest BCUT2D eigenvalue weighted by atomic mass is 10.1. The number of nitrogens with zero attached hydrogens (tertiary/aromatic N) is 1. The van der Waals surface area contributed by atoms with Crippen LogP contribution in [0.5, 0.6) is 0 Å². The van der Waals surface area contributed by atoms with Crippen molar-refractivity contribution in [2.24, 2.45) is 0 Å². The highest BCUT2D eigenvalue weighted by atomic mass is 16.1. The number of nitrogens with one attached hydrogen (secondary N) is 1. The quantitative estimate of drug-likeness (QED) is 0.813. The zero-order valence-corrected chi connectivity index (χ0v) is 9.71. The Labute approximate surface area is 105 Å². The molecule has 2 aromatic rings. The number of rotatable bonds is 2. The molecule has 0 radical (unpaired) electrons. The molecule has 0 fully saturated rings. The molecule has 3 nitrogen and oxygen atoms in total. The van der Waals surface area contributed by atoms with Gasteiger partial charge in [0, 0.05) is 24.2 Å². The van der Waals surface area contributed by atoms with E-state index >= 15 is 0 Å². The summed E-state index contributed by atoms with van der Waals surface area (Å²) in [4.78, 5) is 12.4. The van der Waals surface area contributed by atoms with Gasteiger partial charge in [-0.2, -0.15) is 0 Å². The van der Waals surface area contributed by atoms with Crippen molar-refractivity contribution in [3.05, 3.63) is 78.4 Å². The molecule has 1 aliphatic heterocycles. The standard InChI is InChI=1S/C15H12N2O/c18-15(13-6-2-1-4-9-16-13)12-8-11-17-10-5-3-7-14(12)17/h1-11,16H. The summed E-state index contributed by atoms with van der Waals surface area (Å²) in [5.74, 6) is -0.0000926. The zero-order chi connectivity index (χ0) is 12.4. The van der Waals surface area contributed by atoms with E-state index in [0.29, 0.717) is 11.3 Å². The highest BCUT2D eigenvalue weighted by molar-refractivity contribution is 6.13. The third kappa shape index (κ3) is 1.76. The lowest BCUT2D eigenvalue weighted by Crippen LogP contribution is -2.14. The lowest BCUT2D eigenvalue weighted by Gasteiger charge is -2.04. The molecule has 1 aliphatic rings. The molecule has 3 heterocycles. The van der Waals surface area contributed by atoms with Gasteiger partial charge in [0.1, 0.15) is 0 Å². The first-order valence-electron chi connectivity index (χ1n) is 5.77. The van der Waals surface area contributed by atoms with E-state index in [9.17, 15) is 4.79 Å². The first-order valence-corrected chi connectivity index (χ1v) is 5.77. The Hall–Kier alpha value is -2.55. The molecule has 18 heavy (non-hydrogen) atoms. The second kappa shape index (κ2) is 4.37. The predicted octanol–water partition coefficient (Wildman–Crippen LogP) is 2.68. The van der Waals surface area contributed by atoms with Crippen molar-refractivity contribution in [3.63, 3.8) is 0 Å². The van der Waals surface area contributed by atoms with Gasteiger partial charge in [-0.15, -0.1) is 0 Å². The summed E-state index contributed by atoms with van der Waals surface area (Å²) in [7, 11) is 0. The second-order valence-corrected chi connectivity index (χ2v) is 4.02. The van der Waals surface area contributed by atoms with Gasteiger partial charge in [0.15, 0.2) is 0 Å². The van der Waals surface area contributed by atoms with Crippen LogP contribution in [-0.2, 0) is 0 Å². The van der Waals surface area contributed by atoms with Crippen LogP contribution in [0.25, 0.3) is 5.52 Å². The van der Waals surface area contributed by atoms with Crippen LogP contribution in [0.4, 0.5) is 0 Å². The summed E-state index contributed by atoms with van der Waals surface area (Å²) in [6.45, 7) is 0. The van der Waals surface area contributed by atoms with Gasteiger partial charge in [-0.3, -0.25) is 4.79 Å². The molecule has 2 aromatic heterocycles. The summed E-state index contributed by atoms with van der Waals surface area (Å²) in [5.41, 5.74) is 2.21. The highest BCUT2D eigenvalue weighted by Crippen LogP contribution is 2.16. The number of ketones is 1. The smallest absolute Gasteiger partial charge is 0.211 e. The minimum absolute atomic E-state index is 0.0000926. The molecule has 1 N–H and O–H groups in total. The van der Waals surface area contributed by atoms with Crippen LogP contribution in [0.15, 0.2) is 72.9 Å². The maximum Gasteiger partial charge on any atom is 0.211 e. The van der Waals surface area contributed by atoms with Crippen LogP contribution >= 0.6 is 0 Å². The van der Waals surface area contributed by atoms with Crippen LogP contribution in [0.1, 0.15) is 10.4 Å². The minimum atomic E-state index is -0.0000926. The van der Waals surface area contributed by atoms with Crippen molar-refractivity contribution in [2.75, 3.05) is 0 Å². The van der Waals surface area contributed by atoms with Crippen molar-refractivity contribution in [2.45, 2.75) is 0 Å². The second-order valence-electron chi connectivity index (χ2n) is 4.02. The van der Waals surface area contributed by atoms with Crippen molar-refractivity contribution in [1.82, 2.24) is 9.72 Å². The van der Waals surface area contributed by atoms with Gasteiger partial charge >= 0.3 is 0 Å². The van der Waals surface area contributed by atoms with Crippen LogP contribution in [0.2, 0.25) is 0 Å². The molecule has 0 saturated heterocycles. The zero-order valence-electron chi connectivity index (χ0n) is 9.71. The molecule has 88 valence electrons. The third-order valence-electron chi connectivity index (χ3n) is 2.88. The Morgan fingerprint density at radius 3 is 2.94 bits per heavy atom. The average Bonchev–Trinajstić information content (AvgIpc) is 2.65. The van der Waals surface area contributed by atoms with E-state index in [1.165, 1.54) is 0 Å². The number of hydrogen-bond acceptors (Lipinski definition) is 2. The Bertz CT molecular complexity index is 689. The van der Waals surface area contributed by atoms with Gasteiger partial charge in [-0.05, 0) is 30.4 Å². The van der Waals surface area contributed by atoms with E-state index < -0.39 is 0 Å². The fourth-order valence-electron chi connectivity index (χ4n) is 1.99. The maximum absolute atomic E-state index is 12.4. The van der Waals surface area contributed by atoms with E-state index in [1.807, 2.05) is 59.3 Å². The Morgan fingerprint density at radius 1 is 1.06 bits per heavy atom. The number of hydrogen-bond donors (Lipinski definition) is 1. The minimum Gasteiger partial charge on any atom is -0.359 e. The van der Waals surface area contributed by atoms with Gasteiger partial charge < -0.3 is 9.72 Å². The molecule has 0 atom stereocenters. The van der Waals surface area contributed by atoms with Gasteiger partial charge in [0.2, 0.25) is 5.78 Å². The summed E-state index contributed by atoms with van der Waals surface area (Å²) >= 11 is 0. The predicted molar refractivity (Wildman–Crippen MR) is 71.2 cm³/mol. The van der Waals surface area contributed by atoms with Crippen molar-refractivity contribution >= 4 is 11.3 Å². The lowest BCUT2D eigenvalue weighted by molar-refractivity contribution is 0.103. The first-order chi connectivity index (χ1) is 8.86. The Kier molecular flexibility index (Phi) is 2.57. The number of carbonyl (C=O) groups excluding carboxylic acids is 1. The first kappa shape index (κ1) is 10.6. The van der Waals surface area contributed by atoms with Gasteiger partial charge in [0.25, 0.3) is 0 Å². The van der Waals surface area contributed by atoms with Crippen LogP contribution in [-0.4, -0.2) is 10.2 Å². The number of pyridine rings is 1. The Balaban J connectivity index is 2.04. The molecule has 0 saturated carbocycles. The SMILES string of the molecule is O=C(C1=CC=CC=CN1)c1ccn2ccccc12. The molecule has 0 aromatic carbocycles. The molecule has 0 spiro atoms. The maximum atomic E-state index is 12.4. The topological polar surface area (TPSA) is 33.5 Å². The Morgan fingerprint density at radius 2 is 2.00 bits per heavy atom. The molecule has 0 bridgehead atoms. The van der Waals surface area contributed by atoms with E-state index in [-0.39, 0.29) is 5.78 Å². The summed E-state index contributed by atoms with van der Waals surface area (Å²) in [6, 6.07) is 7.66. The molecule has 0 amide bonds. The summed E-state index contributed by atoms with van der Waals surface area (Å²) < 4.78 is 1.94.